The number of para-hydroxylation sites is 1. The number of pyridine rings is 1. The lowest BCUT2D eigenvalue weighted by Crippen LogP contribution is -2.30. The average Bonchev–Trinajstić information content (AvgIpc) is 3.35. The summed E-state index contributed by atoms with van der Waals surface area (Å²) >= 11 is 0. The molecule has 0 atom stereocenters. The van der Waals surface area contributed by atoms with Gasteiger partial charge in [0.25, 0.3) is 5.91 Å². The number of aromatic nitrogens is 1. The van der Waals surface area contributed by atoms with E-state index < -0.39 is 17.5 Å². The van der Waals surface area contributed by atoms with Gasteiger partial charge in [0.2, 0.25) is 0 Å². The number of ether oxygens (including phenoxy) is 3. The summed E-state index contributed by atoms with van der Waals surface area (Å²) < 4.78 is 35.4. The normalized spacial score (nSPS) is 10.8. The Balaban J connectivity index is 1.52. The fourth-order valence-electron chi connectivity index (χ4n) is 3.60. The molecule has 2 N–H and O–H groups in total. The third kappa shape index (κ3) is 4.98. The molecule has 0 bridgehead atoms. The van der Waals surface area contributed by atoms with E-state index in [1.54, 1.807) is 24.3 Å². The number of carbonyl (C=O) groups is 2. The molecule has 2 aromatic carbocycles. The SMILES string of the molecule is COc1cc(C(=O)NCC(=O)c2ccc(OC)c(-c3coc4c(F)cccc34)n2)ccc1OCCO. The molecule has 10 heteroatoms. The summed E-state index contributed by atoms with van der Waals surface area (Å²) in [6.45, 7) is -0.400. The van der Waals surface area contributed by atoms with E-state index in [0.717, 1.165) is 0 Å². The minimum absolute atomic E-state index is 0.0727. The maximum absolute atomic E-state index is 14.1. The van der Waals surface area contributed by atoms with Crippen LogP contribution in [-0.4, -0.2) is 55.8 Å². The summed E-state index contributed by atoms with van der Waals surface area (Å²) in [6, 6.07) is 12.1. The number of nitrogens with one attached hydrogen (secondary N) is 1. The first-order valence-corrected chi connectivity index (χ1v) is 10.9. The van der Waals surface area contributed by atoms with E-state index >= 15 is 0 Å². The molecule has 0 saturated carbocycles. The van der Waals surface area contributed by atoms with Crippen molar-refractivity contribution in [2.75, 3.05) is 34.0 Å². The van der Waals surface area contributed by atoms with Gasteiger partial charge in [-0.2, -0.15) is 0 Å². The summed E-state index contributed by atoms with van der Waals surface area (Å²) in [5, 5.41) is 12.0. The van der Waals surface area contributed by atoms with Crippen LogP contribution in [0.2, 0.25) is 0 Å². The summed E-state index contributed by atoms with van der Waals surface area (Å²) in [5.74, 6) is -0.398. The second-order valence-corrected chi connectivity index (χ2v) is 7.56. The van der Waals surface area contributed by atoms with Crippen molar-refractivity contribution < 1.29 is 37.7 Å². The molecule has 4 rings (SSSR count). The summed E-state index contributed by atoms with van der Waals surface area (Å²) in [6.07, 6.45) is 1.36. The topological polar surface area (TPSA) is 120 Å². The van der Waals surface area contributed by atoms with Gasteiger partial charge in [-0.25, -0.2) is 9.37 Å². The van der Waals surface area contributed by atoms with E-state index in [9.17, 15) is 14.0 Å². The second-order valence-electron chi connectivity index (χ2n) is 7.56. The molecule has 2 aromatic heterocycles. The molecule has 0 saturated heterocycles. The molecular weight excluding hydrogens is 471 g/mol. The maximum Gasteiger partial charge on any atom is 0.251 e. The number of hydrogen-bond donors (Lipinski definition) is 2. The minimum atomic E-state index is -0.516. The zero-order valence-electron chi connectivity index (χ0n) is 19.5. The Morgan fingerprint density at radius 3 is 2.58 bits per heavy atom. The Labute approximate surface area is 205 Å². The van der Waals surface area contributed by atoms with Gasteiger partial charge >= 0.3 is 0 Å². The lowest BCUT2D eigenvalue weighted by molar-refractivity contribution is 0.0902. The lowest BCUT2D eigenvalue weighted by atomic mass is 10.1. The van der Waals surface area contributed by atoms with Crippen molar-refractivity contribution in [3.63, 3.8) is 0 Å². The van der Waals surface area contributed by atoms with Crippen LogP contribution in [0, 0.1) is 5.82 Å². The third-order valence-corrected chi connectivity index (χ3v) is 5.35. The van der Waals surface area contributed by atoms with Crippen LogP contribution in [0.15, 0.2) is 59.2 Å². The highest BCUT2D eigenvalue weighted by atomic mass is 19.1. The molecule has 0 aliphatic rings. The quantitative estimate of drug-likeness (QED) is 0.321. The number of Topliss-reactive ketones (excluding diaryl/α,β-unsaturated/α-hetero) is 1. The van der Waals surface area contributed by atoms with E-state index in [0.29, 0.717) is 33.9 Å². The standard InChI is InChI=1S/C26H23FN2O7/c1-33-22-9-7-19(29-24(22)17-14-36-25-16(17)4-3-5-18(25)27)20(31)13-28-26(32)15-6-8-21(35-11-10-30)23(12-15)34-2/h3-9,12,14,30H,10-11,13H2,1-2H3,(H,28,32). The smallest absolute Gasteiger partial charge is 0.251 e. The van der Waals surface area contributed by atoms with Gasteiger partial charge in [-0.05, 0) is 36.4 Å². The molecule has 186 valence electrons. The van der Waals surface area contributed by atoms with Crippen LogP contribution >= 0.6 is 0 Å². The zero-order valence-corrected chi connectivity index (χ0v) is 19.5. The molecule has 0 unspecified atom stereocenters. The van der Waals surface area contributed by atoms with Crippen LogP contribution in [0.4, 0.5) is 4.39 Å². The second kappa shape index (κ2) is 10.9. The van der Waals surface area contributed by atoms with Gasteiger partial charge < -0.3 is 29.1 Å². The van der Waals surface area contributed by atoms with Gasteiger partial charge in [-0.1, -0.05) is 12.1 Å². The fourth-order valence-corrected chi connectivity index (χ4v) is 3.60. The molecule has 1 amide bonds. The van der Waals surface area contributed by atoms with Crippen molar-refractivity contribution in [2.24, 2.45) is 0 Å². The van der Waals surface area contributed by atoms with E-state index in [1.165, 1.54) is 44.7 Å². The fraction of sp³-hybridized carbons (Fsp3) is 0.192. The van der Waals surface area contributed by atoms with Crippen molar-refractivity contribution in [1.29, 1.82) is 0 Å². The maximum atomic E-state index is 14.1. The number of furan rings is 1. The van der Waals surface area contributed by atoms with Crippen LogP contribution < -0.4 is 19.5 Å². The predicted octanol–water partition coefficient (Wildman–Crippen LogP) is 3.63. The Kier molecular flexibility index (Phi) is 7.45. The number of nitrogens with zero attached hydrogens (tertiary/aromatic N) is 1. The number of ketones is 1. The van der Waals surface area contributed by atoms with Gasteiger partial charge in [0.05, 0.1) is 32.9 Å². The van der Waals surface area contributed by atoms with Crippen LogP contribution in [-0.2, 0) is 0 Å². The van der Waals surface area contributed by atoms with Gasteiger partial charge in [-0.15, -0.1) is 0 Å². The van der Waals surface area contributed by atoms with Gasteiger partial charge in [0.15, 0.2) is 28.7 Å². The van der Waals surface area contributed by atoms with E-state index in [2.05, 4.69) is 10.3 Å². The number of methoxy groups -OCH3 is 2. The lowest BCUT2D eigenvalue weighted by Gasteiger charge is -2.12. The third-order valence-electron chi connectivity index (χ3n) is 5.35. The number of hydrogen-bond acceptors (Lipinski definition) is 8. The van der Waals surface area contributed by atoms with Crippen LogP contribution in [0.25, 0.3) is 22.2 Å². The molecule has 0 aliphatic carbocycles. The van der Waals surface area contributed by atoms with Crippen LogP contribution in [0.5, 0.6) is 17.2 Å². The van der Waals surface area contributed by atoms with Crippen LogP contribution in [0.3, 0.4) is 0 Å². The van der Waals surface area contributed by atoms with Crippen molar-refractivity contribution in [3.05, 3.63) is 71.9 Å². The monoisotopic (exact) mass is 494 g/mol. The van der Waals surface area contributed by atoms with Crippen molar-refractivity contribution in [3.8, 4) is 28.5 Å². The Bertz CT molecular complexity index is 1420. The average molecular weight is 494 g/mol. The summed E-state index contributed by atoms with van der Waals surface area (Å²) in [7, 11) is 2.89. The molecule has 0 fully saturated rings. The van der Waals surface area contributed by atoms with Crippen molar-refractivity contribution >= 4 is 22.7 Å². The Morgan fingerprint density at radius 1 is 1.06 bits per heavy atom. The molecule has 0 spiro atoms. The molecule has 0 radical (unpaired) electrons. The van der Waals surface area contributed by atoms with Crippen LogP contribution in [0.1, 0.15) is 20.8 Å². The summed E-state index contributed by atoms with van der Waals surface area (Å²) in [5.41, 5.74) is 1.19. The first-order chi connectivity index (χ1) is 17.5. The number of rotatable bonds is 10. The van der Waals surface area contributed by atoms with E-state index in [-0.39, 0.29) is 36.6 Å². The molecule has 36 heavy (non-hydrogen) atoms. The number of aliphatic hydroxyl groups excluding tert-OH is 1. The number of fused-ring (bicyclic) bond motifs is 1. The predicted molar refractivity (Wildman–Crippen MR) is 128 cm³/mol. The molecule has 2 heterocycles. The highest BCUT2D eigenvalue weighted by Gasteiger charge is 2.20. The molecule has 4 aromatic rings. The van der Waals surface area contributed by atoms with Gasteiger partial charge in [0, 0.05) is 10.9 Å². The van der Waals surface area contributed by atoms with Gasteiger partial charge in [-0.3, -0.25) is 9.59 Å². The van der Waals surface area contributed by atoms with E-state index in [1.807, 2.05) is 0 Å². The Morgan fingerprint density at radius 2 is 1.83 bits per heavy atom. The number of carbonyl (C=O) groups excluding carboxylic acids is 2. The molecular formula is C26H23FN2O7. The highest BCUT2D eigenvalue weighted by Crippen LogP contribution is 2.36. The van der Waals surface area contributed by atoms with Gasteiger partial charge in [0.1, 0.15) is 30.0 Å². The van der Waals surface area contributed by atoms with Crippen molar-refractivity contribution in [2.45, 2.75) is 0 Å². The number of benzene rings is 2. The Hall–Kier alpha value is -4.44. The zero-order chi connectivity index (χ0) is 25.7. The highest BCUT2D eigenvalue weighted by molar-refractivity contribution is 6.02. The van der Waals surface area contributed by atoms with E-state index in [4.69, 9.17) is 23.7 Å². The number of halogens is 1. The molecule has 0 aliphatic heterocycles. The first-order valence-electron chi connectivity index (χ1n) is 10.9. The number of amides is 1. The first kappa shape index (κ1) is 24.7. The molecule has 9 nitrogen and oxygen atoms in total. The summed E-state index contributed by atoms with van der Waals surface area (Å²) in [4.78, 5) is 29.9. The largest absolute Gasteiger partial charge is 0.494 e. The minimum Gasteiger partial charge on any atom is -0.494 e. The number of aliphatic hydroxyl groups is 1. The van der Waals surface area contributed by atoms with Crippen molar-refractivity contribution in [1.82, 2.24) is 10.3 Å².